The van der Waals surface area contributed by atoms with E-state index in [-0.39, 0.29) is 35.8 Å². The number of halogens is 2. The molecule has 28 heavy (non-hydrogen) atoms. The topological polar surface area (TPSA) is 52.5 Å². The minimum atomic E-state index is -0.191. The lowest BCUT2D eigenvalue weighted by molar-refractivity contribution is 0.607. The molecule has 2 rings (SSSR count). The summed E-state index contributed by atoms with van der Waals surface area (Å²) in [4.78, 5) is 11.0. The van der Waals surface area contributed by atoms with E-state index in [2.05, 4.69) is 45.4 Å². The number of rotatable bonds is 7. The molecule has 0 aliphatic carbocycles. The Morgan fingerprint density at radius 2 is 1.93 bits per heavy atom. The number of hydrogen-bond acceptors (Lipinski definition) is 3. The zero-order chi connectivity index (χ0) is 19.8. The van der Waals surface area contributed by atoms with Crippen molar-refractivity contribution in [3.63, 3.8) is 0 Å². The van der Waals surface area contributed by atoms with Crippen molar-refractivity contribution < 1.29 is 4.39 Å². The predicted octanol–water partition coefficient (Wildman–Crippen LogP) is 4.42. The zero-order valence-electron chi connectivity index (χ0n) is 17.3. The van der Waals surface area contributed by atoms with Crippen molar-refractivity contribution in [2.75, 3.05) is 25.0 Å². The van der Waals surface area contributed by atoms with Crippen molar-refractivity contribution in [2.24, 2.45) is 4.99 Å². The first-order valence-corrected chi connectivity index (χ1v) is 9.41. The van der Waals surface area contributed by atoms with E-state index in [1.165, 1.54) is 0 Å². The van der Waals surface area contributed by atoms with Gasteiger partial charge < -0.3 is 15.5 Å². The number of aliphatic imine (C=N–C) groups is 1. The molecule has 1 unspecified atom stereocenters. The highest BCUT2D eigenvalue weighted by molar-refractivity contribution is 14.0. The third-order valence-corrected chi connectivity index (χ3v) is 4.63. The summed E-state index contributed by atoms with van der Waals surface area (Å²) in [6.07, 6.45) is 1.88. The SMILES string of the molecule is CCN(CC)c1ccc(CNC(=NC)NC(C)c2ccc(C)c(F)c2)cn1.I. The molecule has 5 nitrogen and oxygen atoms in total. The molecule has 0 fully saturated rings. The second kappa shape index (κ2) is 11.8. The molecule has 0 amide bonds. The van der Waals surface area contributed by atoms with Crippen LogP contribution in [-0.4, -0.2) is 31.1 Å². The van der Waals surface area contributed by atoms with Crippen LogP contribution >= 0.6 is 24.0 Å². The van der Waals surface area contributed by atoms with Gasteiger partial charge in [0.05, 0.1) is 6.04 Å². The average Bonchev–Trinajstić information content (AvgIpc) is 2.69. The second-order valence-corrected chi connectivity index (χ2v) is 6.50. The molecule has 0 aliphatic heterocycles. The van der Waals surface area contributed by atoms with Gasteiger partial charge in [0, 0.05) is 32.9 Å². The minimum absolute atomic E-state index is 0. The largest absolute Gasteiger partial charge is 0.357 e. The van der Waals surface area contributed by atoms with Crippen LogP contribution in [0, 0.1) is 12.7 Å². The normalized spacial score (nSPS) is 12.1. The lowest BCUT2D eigenvalue weighted by Gasteiger charge is -2.20. The molecule has 1 atom stereocenters. The molecule has 2 N–H and O–H groups in total. The van der Waals surface area contributed by atoms with Crippen LogP contribution in [0.5, 0.6) is 0 Å². The van der Waals surface area contributed by atoms with Crippen LogP contribution in [0.15, 0.2) is 41.5 Å². The van der Waals surface area contributed by atoms with Crippen LogP contribution in [0.3, 0.4) is 0 Å². The first kappa shape index (κ1) is 24.1. The van der Waals surface area contributed by atoms with Crippen molar-refractivity contribution in [3.05, 3.63) is 59.0 Å². The van der Waals surface area contributed by atoms with Gasteiger partial charge in [-0.3, -0.25) is 4.99 Å². The van der Waals surface area contributed by atoms with Crippen LogP contribution < -0.4 is 15.5 Å². The number of nitrogens with zero attached hydrogens (tertiary/aromatic N) is 3. The van der Waals surface area contributed by atoms with Gasteiger partial charge in [0.1, 0.15) is 11.6 Å². The van der Waals surface area contributed by atoms with Gasteiger partial charge in [-0.2, -0.15) is 0 Å². The van der Waals surface area contributed by atoms with E-state index >= 15 is 0 Å². The molecule has 0 bridgehead atoms. The molecular formula is C21H31FIN5. The molecule has 154 valence electrons. The highest BCUT2D eigenvalue weighted by Crippen LogP contribution is 2.16. The Hall–Kier alpha value is -1.90. The molecule has 0 spiro atoms. The smallest absolute Gasteiger partial charge is 0.191 e. The first-order valence-electron chi connectivity index (χ1n) is 9.41. The lowest BCUT2D eigenvalue weighted by atomic mass is 10.1. The van der Waals surface area contributed by atoms with Crippen molar-refractivity contribution in [1.29, 1.82) is 0 Å². The first-order chi connectivity index (χ1) is 13.0. The Labute approximate surface area is 184 Å². The fourth-order valence-electron chi connectivity index (χ4n) is 2.80. The summed E-state index contributed by atoms with van der Waals surface area (Å²) >= 11 is 0. The van der Waals surface area contributed by atoms with Gasteiger partial charge in [-0.25, -0.2) is 9.37 Å². The number of aromatic nitrogens is 1. The van der Waals surface area contributed by atoms with Gasteiger partial charge in [-0.15, -0.1) is 24.0 Å². The van der Waals surface area contributed by atoms with E-state index in [1.54, 1.807) is 26.1 Å². The predicted molar refractivity (Wildman–Crippen MR) is 126 cm³/mol. The van der Waals surface area contributed by atoms with Gasteiger partial charge in [0.2, 0.25) is 0 Å². The molecule has 0 saturated heterocycles. The highest BCUT2D eigenvalue weighted by atomic mass is 127. The van der Waals surface area contributed by atoms with E-state index in [9.17, 15) is 4.39 Å². The van der Waals surface area contributed by atoms with Crippen LogP contribution in [-0.2, 0) is 6.54 Å². The van der Waals surface area contributed by atoms with E-state index in [4.69, 9.17) is 0 Å². The molecule has 0 aliphatic rings. The molecule has 2 aromatic rings. The summed E-state index contributed by atoms with van der Waals surface area (Å²) in [6.45, 7) is 10.5. The van der Waals surface area contributed by atoms with Gasteiger partial charge >= 0.3 is 0 Å². The molecule has 0 saturated carbocycles. The van der Waals surface area contributed by atoms with E-state index in [1.807, 2.05) is 25.3 Å². The Balaban J connectivity index is 0.00000392. The molecule has 1 aromatic carbocycles. The Bertz CT molecular complexity index is 760. The van der Waals surface area contributed by atoms with Crippen LogP contribution in [0.1, 0.15) is 43.5 Å². The molecule has 1 aromatic heterocycles. The molecular weight excluding hydrogens is 468 g/mol. The number of aryl methyl sites for hydroxylation is 1. The maximum Gasteiger partial charge on any atom is 0.191 e. The lowest BCUT2D eigenvalue weighted by Crippen LogP contribution is -2.38. The summed E-state index contributed by atoms with van der Waals surface area (Å²) in [5.74, 6) is 1.46. The monoisotopic (exact) mass is 499 g/mol. The van der Waals surface area contributed by atoms with Gasteiger partial charge in [-0.1, -0.05) is 18.2 Å². The maximum absolute atomic E-state index is 13.8. The number of nitrogens with one attached hydrogen (secondary N) is 2. The molecule has 0 radical (unpaired) electrons. The van der Waals surface area contributed by atoms with Gasteiger partial charge in [0.25, 0.3) is 0 Å². The van der Waals surface area contributed by atoms with E-state index in [0.29, 0.717) is 18.1 Å². The minimum Gasteiger partial charge on any atom is -0.357 e. The van der Waals surface area contributed by atoms with Crippen molar-refractivity contribution in [3.8, 4) is 0 Å². The second-order valence-electron chi connectivity index (χ2n) is 6.50. The van der Waals surface area contributed by atoms with Crippen LogP contribution in [0.25, 0.3) is 0 Å². The number of benzene rings is 1. The van der Waals surface area contributed by atoms with Crippen molar-refractivity contribution in [2.45, 2.75) is 40.3 Å². The number of guanidine groups is 1. The average molecular weight is 499 g/mol. The molecule has 1 heterocycles. The summed E-state index contributed by atoms with van der Waals surface area (Å²) in [5, 5.41) is 6.57. The summed E-state index contributed by atoms with van der Waals surface area (Å²) < 4.78 is 13.8. The van der Waals surface area contributed by atoms with Gasteiger partial charge in [-0.05, 0) is 56.5 Å². The zero-order valence-corrected chi connectivity index (χ0v) is 19.6. The van der Waals surface area contributed by atoms with Crippen molar-refractivity contribution in [1.82, 2.24) is 15.6 Å². The summed E-state index contributed by atoms with van der Waals surface area (Å²) in [6, 6.07) is 9.34. The third kappa shape index (κ3) is 6.61. The van der Waals surface area contributed by atoms with E-state index in [0.717, 1.165) is 30.0 Å². The molecule has 7 heteroatoms. The fourth-order valence-corrected chi connectivity index (χ4v) is 2.80. The fraction of sp³-hybridized carbons (Fsp3) is 0.429. The third-order valence-electron chi connectivity index (χ3n) is 4.63. The maximum atomic E-state index is 13.8. The van der Waals surface area contributed by atoms with Crippen LogP contribution in [0.4, 0.5) is 10.2 Å². The number of anilines is 1. The quantitative estimate of drug-likeness (QED) is 0.337. The van der Waals surface area contributed by atoms with Crippen molar-refractivity contribution >= 4 is 35.8 Å². The Morgan fingerprint density at radius 3 is 2.46 bits per heavy atom. The van der Waals surface area contributed by atoms with Gasteiger partial charge in [0.15, 0.2) is 5.96 Å². The highest BCUT2D eigenvalue weighted by Gasteiger charge is 2.10. The van der Waals surface area contributed by atoms with E-state index < -0.39 is 0 Å². The Kier molecular flexibility index (Phi) is 10.2. The number of hydrogen-bond donors (Lipinski definition) is 2. The number of pyridine rings is 1. The van der Waals surface area contributed by atoms with Crippen LogP contribution in [0.2, 0.25) is 0 Å². The standard InChI is InChI=1S/C21H30FN5.HI/c1-6-27(7-2)20-11-9-17(13-24-20)14-25-21(23-5)26-16(4)18-10-8-15(3)19(22)12-18;/h8-13,16H,6-7,14H2,1-5H3,(H2,23,25,26);1H. The summed E-state index contributed by atoms with van der Waals surface area (Å²) in [5.41, 5.74) is 2.60. The Morgan fingerprint density at radius 1 is 1.21 bits per heavy atom. The summed E-state index contributed by atoms with van der Waals surface area (Å²) in [7, 11) is 1.72.